The summed E-state index contributed by atoms with van der Waals surface area (Å²) in [5.41, 5.74) is 5.09. The summed E-state index contributed by atoms with van der Waals surface area (Å²) >= 11 is 0. The molecule has 0 aliphatic heterocycles. The van der Waals surface area contributed by atoms with Gasteiger partial charge in [-0.15, -0.1) is 0 Å². The molecule has 2 N–H and O–H groups in total. The molecule has 0 aliphatic rings. The topological polar surface area (TPSA) is 52.3 Å². The number of carbonyl (C=O) groups is 1. The van der Waals surface area contributed by atoms with Crippen LogP contribution in [0.15, 0.2) is 0 Å². The Bertz CT molecular complexity index is 467. The van der Waals surface area contributed by atoms with E-state index in [4.69, 9.17) is 10.5 Å². The second-order valence-electron chi connectivity index (χ2n) is 12.8. The monoisotopic (exact) mass is 566 g/mol. The van der Waals surface area contributed by atoms with Crippen LogP contribution in [0, 0.1) is 0 Å². The normalized spacial score (nSPS) is 11.4. The largest absolute Gasteiger partial charge is 0.381 e. The quantitative estimate of drug-likeness (QED) is 0.0768. The van der Waals surface area contributed by atoms with Crippen LogP contribution in [0.1, 0.15) is 219 Å². The number of hydrogen-bond donors (Lipinski definition) is 1. The summed E-state index contributed by atoms with van der Waals surface area (Å²) in [5.74, 6) is -0.272. The average molecular weight is 566 g/mol. The lowest BCUT2D eigenvalue weighted by Gasteiger charge is -2.05. The maximum atomic E-state index is 10.6. The van der Waals surface area contributed by atoms with Gasteiger partial charge in [0.15, 0.2) is 0 Å². The maximum absolute atomic E-state index is 10.6. The van der Waals surface area contributed by atoms with E-state index in [-0.39, 0.29) is 5.91 Å². The molecule has 0 aliphatic carbocycles. The van der Waals surface area contributed by atoms with Gasteiger partial charge in [-0.25, -0.2) is 0 Å². The van der Waals surface area contributed by atoms with E-state index in [1.807, 2.05) is 0 Å². The molecular formula is C37H75NO2. The summed E-state index contributed by atoms with van der Waals surface area (Å²) in [5, 5.41) is 0. The van der Waals surface area contributed by atoms with Crippen LogP contribution in [0.3, 0.4) is 0 Å². The van der Waals surface area contributed by atoms with E-state index in [9.17, 15) is 4.79 Å². The molecule has 0 bridgehead atoms. The van der Waals surface area contributed by atoms with Crippen molar-refractivity contribution in [1.82, 2.24) is 0 Å². The minimum Gasteiger partial charge on any atom is -0.381 e. The van der Waals surface area contributed by atoms with Crippen LogP contribution in [0.2, 0.25) is 0 Å². The predicted octanol–water partition coefficient (Wildman–Crippen LogP) is 12.4. The minimum atomic E-state index is -0.272. The first-order chi connectivity index (χ1) is 19.8. The van der Waals surface area contributed by atoms with Crippen LogP contribution in [0.5, 0.6) is 0 Å². The van der Waals surface area contributed by atoms with Crippen molar-refractivity contribution in [3.8, 4) is 0 Å². The zero-order chi connectivity index (χ0) is 29.0. The Balaban J connectivity index is 3.03. The molecule has 0 heterocycles. The summed E-state index contributed by atoms with van der Waals surface area (Å²) in [4.78, 5) is 10.6. The Morgan fingerprint density at radius 3 is 0.825 bits per heavy atom. The van der Waals surface area contributed by atoms with Crippen molar-refractivity contribution < 1.29 is 9.53 Å². The van der Waals surface area contributed by atoms with Gasteiger partial charge in [0.2, 0.25) is 5.91 Å². The number of carbonyl (C=O) groups excluding carboxylic acids is 1. The smallest absolute Gasteiger partial charge is 0.219 e. The SMILES string of the molecule is CCCCCCCCCCCCCCCCCCCCCCCCCCCCCCCCCCOCCC(N)=O. The first kappa shape index (κ1) is 39.4. The van der Waals surface area contributed by atoms with Gasteiger partial charge in [-0.1, -0.05) is 206 Å². The van der Waals surface area contributed by atoms with Gasteiger partial charge in [-0.05, 0) is 6.42 Å². The molecule has 0 aromatic heterocycles. The molecule has 0 fully saturated rings. The Kier molecular flexibility index (Phi) is 35.9. The van der Waals surface area contributed by atoms with Crippen molar-refractivity contribution in [2.24, 2.45) is 5.73 Å². The van der Waals surface area contributed by atoms with E-state index in [1.54, 1.807) is 0 Å². The molecule has 1 amide bonds. The van der Waals surface area contributed by atoms with E-state index in [1.165, 1.54) is 199 Å². The van der Waals surface area contributed by atoms with E-state index >= 15 is 0 Å². The lowest BCUT2D eigenvalue weighted by atomic mass is 10.0. The molecule has 0 rings (SSSR count). The number of rotatable bonds is 36. The van der Waals surface area contributed by atoms with Gasteiger partial charge >= 0.3 is 0 Å². The molecular weight excluding hydrogens is 490 g/mol. The summed E-state index contributed by atoms with van der Waals surface area (Å²) in [6, 6.07) is 0. The number of amides is 1. The van der Waals surface area contributed by atoms with Crippen molar-refractivity contribution in [1.29, 1.82) is 0 Å². The molecule has 240 valence electrons. The average Bonchev–Trinajstić information content (AvgIpc) is 2.95. The Morgan fingerprint density at radius 2 is 0.600 bits per heavy atom. The molecule has 3 heteroatoms. The summed E-state index contributed by atoms with van der Waals surface area (Å²) in [6.07, 6.45) is 46.3. The number of primary amides is 1. The highest BCUT2D eigenvalue weighted by molar-refractivity contribution is 5.73. The maximum Gasteiger partial charge on any atom is 0.219 e. The lowest BCUT2D eigenvalue weighted by Crippen LogP contribution is -2.13. The van der Waals surface area contributed by atoms with Crippen LogP contribution < -0.4 is 5.73 Å². The second kappa shape index (κ2) is 36.5. The first-order valence-electron chi connectivity index (χ1n) is 18.6. The molecule has 0 spiro atoms. The standard InChI is InChI=1S/C37H75NO2/c1-2-3-4-5-6-7-8-9-10-11-12-13-14-15-16-17-18-19-20-21-22-23-24-25-26-27-28-29-30-31-32-33-35-40-36-34-37(38)39/h2-36H2,1H3,(H2,38,39). The Hall–Kier alpha value is -0.570. The van der Waals surface area contributed by atoms with Crippen molar-refractivity contribution in [2.75, 3.05) is 13.2 Å². The van der Waals surface area contributed by atoms with E-state index < -0.39 is 0 Å². The zero-order valence-electron chi connectivity index (χ0n) is 27.6. The fraction of sp³-hybridized carbons (Fsp3) is 0.973. The first-order valence-corrected chi connectivity index (χ1v) is 18.6. The van der Waals surface area contributed by atoms with Gasteiger partial charge in [-0.3, -0.25) is 4.79 Å². The number of nitrogens with two attached hydrogens (primary N) is 1. The van der Waals surface area contributed by atoms with Gasteiger partial charge < -0.3 is 10.5 Å². The van der Waals surface area contributed by atoms with Gasteiger partial charge in [0, 0.05) is 13.0 Å². The van der Waals surface area contributed by atoms with E-state index in [2.05, 4.69) is 6.92 Å². The molecule has 0 aromatic rings. The summed E-state index contributed by atoms with van der Waals surface area (Å²) in [7, 11) is 0. The van der Waals surface area contributed by atoms with Crippen LogP contribution in [-0.4, -0.2) is 19.1 Å². The Morgan fingerprint density at radius 1 is 0.375 bits per heavy atom. The minimum absolute atomic E-state index is 0.272. The third-order valence-electron chi connectivity index (χ3n) is 8.64. The van der Waals surface area contributed by atoms with Crippen molar-refractivity contribution in [3.63, 3.8) is 0 Å². The molecule has 3 nitrogen and oxygen atoms in total. The van der Waals surface area contributed by atoms with Gasteiger partial charge in [0.1, 0.15) is 0 Å². The fourth-order valence-electron chi connectivity index (χ4n) is 5.86. The molecule has 0 saturated carbocycles. The van der Waals surface area contributed by atoms with Gasteiger partial charge in [0.05, 0.1) is 6.61 Å². The van der Waals surface area contributed by atoms with Crippen LogP contribution in [0.4, 0.5) is 0 Å². The Labute approximate surface area is 252 Å². The second-order valence-corrected chi connectivity index (χ2v) is 12.8. The van der Waals surface area contributed by atoms with E-state index in [0.29, 0.717) is 13.0 Å². The molecule has 0 saturated heterocycles. The number of ether oxygens (including phenoxy) is 1. The molecule has 40 heavy (non-hydrogen) atoms. The summed E-state index contributed by atoms with van der Waals surface area (Å²) in [6.45, 7) is 3.55. The zero-order valence-corrected chi connectivity index (χ0v) is 27.6. The third-order valence-corrected chi connectivity index (χ3v) is 8.64. The molecule has 0 atom stereocenters. The summed E-state index contributed by atoms with van der Waals surface area (Å²) < 4.78 is 5.41. The lowest BCUT2D eigenvalue weighted by molar-refractivity contribution is -0.119. The number of unbranched alkanes of at least 4 members (excludes halogenated alkanes) is 31. The van der Waals surface area contributed by atoms with Gasteiger partial charge in [-0.2, -0.15) is 0 Å². The van der Waals surface area contributed by atoms with Crippen LogP contribution in [-0.2, 0) is 9.53 Å². The molecule has 0 aromatic carbocycles. The highest BCUT2D eigenvalue weighted by atomic mass is 16.5. The molecule has 0 radical (unpaired) electrons. The number of hydrogen-bond acceptors (Lipinski definition) is 2. The van der Waals surface area contributed by atoms with Gasteiger partial charge in [0.25, 0.3) is 0 Å². The highest BCUT2D eigenvalue weighted by Crippen LogP contribution is 2.16. The van der Waals surface area contributed by atoms with Crippen molar-refractivity contribution in [2.45, 2.75) is 219 Å². The predicted molar refractivity (Wildman–Crippen MR) is 178 cm³/mol. The van der Waals surface area contributed by atoms with Crippen molar-refractivity contribution in [3.05, 3.63) is 0 Å². The fourth-order valence-corrected chi connectivity index (χ4v) is 5.86. The third kappa shape index (κ3) is 37.4. The molecule has 0 unspecified atom stereocenters. The van der Waals surface area contributed by atoms with Crippen LogP contribution >= 0.6 is 0 Å². The van der Waals surface area contributed by atoms with Crippen LogP contribution in [0.25, 0.3) is 0 Å². The van der Waals surface area contributed by atoms with Crippen molar-refractivity contribution >= 4 is 5.91 Å². The highest BCUT2D eigenvalue weighted by Gasteiger charge is 1.98. The van der Waals surface area contributed by atoms with E-state index in [0.717, 1.165) is 13.0 Å².